The first-order valence-corrected chi connectivity index (χ1v) is 10.6. The van der Waals surface area contributed by atoms with Crippen molar-refractivity contribution in [3.8, 4) is 0 Å². The third-order valence-electron chi connectivity index (χ3n) is 6.70. The summed E-state index contributed by atoms with van der Waals surface area (Å²) >= 11 is 6.51. The van der Waals surface area contributed by atoms with E-state index in [1.165, 1.54) is 6.42 Å². The lowest BCUT2D eigenvalue weighted by Crippen LogP contribution is -2.50. The number of nitrogens with one attached hydrogen (secondary N) is 2. The minimum atomic E-state index is -0.214. The predicted molar refractivity (Wildman–Crippen MR) is 107 cm³/mol. The van der Waals surface area contributed by atoms with Crippen molar-refractivity contribution in [1.29, 1.82) is 0 Å². The van der Waals surface area contributed by atoms with Crippen LogP contribution < -0.4 is 10.6 Å². The Kier molecular flexibility index (Phi) is 6.02. The first-order valence-electron chi connectivity index (χ1n) is 10.3. The number of nitrogens with zero attached hydrogens (tertiary/aromatic N) is 1. The molecule has 1 aromatic rings. The molecule has 27 heavy (non-hydrogen) atoms. The SMILES string of the molecule is O=C(NCC(c1ccccc1Cl)N1CCOCC1)[C@@]12CCCC[C@H]1CNC2. The molecule has 2 saturated heterocycles. The second kappa shape index (κ2) is 8.48. The average molecular weight is 392 g/mol. The van der Waals surface area contributed by atoms with Gasteiger partial charge in [0.05, 0.1) is 24.7 Å². The van der Waals surface area contributed by atoms with Crippen molar-refractivity contribution >= 4 is 17.5 Å². The third-order valence-corrected chi connectivity index (χ3v) is 7.04. The van der Waals surface area contributed by atoms with Crippen LogP contribution in [0.25, 0.3) is 0 Å². The van der Waals surface area contributed by atoms with Crippen LogP contribution in [-0.4, -0.2) is 56.7 Å². The van der Waals surface area contributed by atoms with Crippen molar-refractivity contribution in [2.24, 2.45) is 11.3 Å². The number of hydrogen-bond donors (Lipinski definition) is 2. The highest BCUT2D eigenvalue weighted by Gasteiger charge is 2.49. The molecule has 3 fully saturated rings. The summed E-state index contributed by atoms with van der Waals surface area (Å²) < 4.78 is 5.52. The highest BCUT2D eigenvalue weighted by molar-refractivity contribution is 6.31. The molecule has 148 valence electrons. The lowest BCUT2D eigenvalue weighted by atomic mass is 9.67. The molecule has 2 aliphatic heterocycles. The van der Waals surface area contributed by atoms with Crippen molar-refractivity contribution in [3.05, 3.63) is 34.9 Å². The number of benzene rings is 1. The Labute approximate surface area is 166 Å². The van der Waals surface area contributed by atoms with Crippen LogP contribution in [0, 0.1) is 11.3 Å². The third kappa shape index (κ3) is 3.88. The molecule has 3 aliphatic rings. The van der Waals surface area contributed by atoms with Gasteiger partial charge >= 0.3 is 0 Å². The maximum atomic E-state index is 13.3. The molecule has 0 bridgehead atoms. The normalized spacial score (nSPS) is 29.9. The minimum Gasteiger partial charge on any atom is -0.379 e. The molecule has 0 radical (unpaired) electrons. The van der Waals surface area contributed by atoms with E-state index in [0.717, 1.165) is 69.2 Å². The first-order chi connectivity index (χ1) is 13.2. The van der Waals surface area contributed by atoms with Crippen LogP contribution in [0.2, 0.25) is 5.02 Å². The summed E-state index contributed by atoms with van der Waals surface area (Å²) in [5.41, 5.74) is 0.873. The zero-order valence-corrected chi connectivity index (χ0v) is 16.6. The minimum absolute atomic E-state index is 0.0827. The molecular formula is C21H30ClN3O2. The van der Waals surface area contributed by atoms with E-state index in [1.54, 1.807) is 0 Å². The van der Waals surface area contributed by atoms with E-state index < -0.39 is 0 Å². The van der Waals surface area contributed by atoms with Crippen molar-refractivity contribution < 1.29 is 9.53 Å². The summed E-state index contributed by atoms with van der Waals surface area (Å²) in [4.78, 5) is 15.7. The standard InChI is InChI=1S/C21H30ClN3O2/c22-18-7-2-1-6-17(18)19(25-9-11-27-12-10-25)14-24-20(26)21-8-4-3-5-16(21)13-23-15-21/h1-2,6-7,16,19,23H,3-5,8-15H2,(H,24,26)/t16-,19?,21+/m0/s1. The van der Waals surface area contributed by atoms with E-state index in [0.29, 0.717) is 12.5 Å². The number of rotatable bonds is 5. The molecule has 5 nitrogen and oxygen atoms in total. The van der Waals surface area contributed by atoms with Crippen molar-refractivity contribution in [1.82, 2.24) is 15.5 Å². The quantitative estimate of drug-likeness (QED) is 0.810. The molecule has 2 N–H and O–H groups in total. The zero-order valence-electron chi connectivity index (χ0n) is 15.9. The first kappa shape index (κ1) is 19.2. The number of fused-ring (bicyclic) bond motifs is 1. The van der Waals surface area contributed by atoms with Crippen molar-refractivity contribution in [2.45, 2.75) is 31.7 Å². The highest BCUT2D eigenvalue weighted by Crippen LogP contribution is 2.44. The summed E-state index contributed by atoms with van der Waals surface area (Å²) in [6.45, 7) is 5.57. The summed E-state index contributed by atoms with van der Waals surface area (Å²) in [7, 11) is 0. The Morgan fingerprint density at radius 1 is 1.33 bits per heavy atom. The number of carbonyl (C=O) groups is 1. The van der Waals surface area contributed by atoms with Crippen LogP contribution in [-0.2, 0) is 9.53 Å². The van der Waals surface area contributed by atoms with Crippen LogP contribution in [0.5, 0.6) is 0 Å². The van der Waals surface area contributed by atoms with Crippen LogP contribution >= 0.6 is 11.6 Å². The van der Waals surface area contributed by atoms with Gasteiger partial charge in [-0.15, -0.1) is 0 Å². The number of hydrogen-bond acceptors (Lipinski definition) is 4. The predicted octanol–water partition coefficient (Wildman–Crippen LogP) is 2.61. The molecule has 1 saturated carbocycles. The van der Waals surface area contributed by atoms with Crippen LogP contribution in [0.15, 0.2) is 24.3 Å². The maximum absolute atomic E-state index is 13.3. The molecule has 1 aromatic carbocycles. The van der Waals surface area contributed by atoms with E-state index in [9.17, 15) is 4.79 Å². The highest BCUT2D eigenvalue weighted by atomic mass is 35.5. The molecule has 1 aliphatic carbocycles. The van der Waals surface area contributed by atoms with E-state index >= 15 is 0 Å². The van der Waals surface area contributed by atoms with Gasteiger partial charge in [0.2, 0.25) is 5.91 Å². The lowest BCUT2D eigenvalue weighted by molar-refractivity contribution is -0.134. The maximum Gasteiger partial charge on any atom is 0.227 e. The smallest absolute Gasteiger partial charge is 0.227 e. The number of ether oxygens (including phenoxy) is 1. The Bertz CT molecular complexity index is 665. The molecular weight excluding hydrogens is 362 g/mol. The van der Waals surface area contributed by atoms with Gasteiger partial charge in [-0.3, -0.25) is 9.69 Å². The molecule has 1 amide bonds. The fraction of sp³-hybridized carbons (Fsp3) is 0.667. The summed E-state index contributed by atoms with van der Waals surface area (Å²) in [5.74, 6) is 0.705. The Morgan fingerprint density at radius 2 is 2.15 bits per heavy atom. The van der Waals surface area contributed by atoms with Crippen molar-refractivity contribution in [2.75, 3.05) is 45.9 Å². The van der Waals surface area contributed by atoms with Gasteiger partial charge in [-0.25, -0.2) is 0 Å². The molecule has 4 rings (SSSR count). The second-order valence-electron chi connectivity index (χ2n) is 8.13. The number of halogens is 1. The summed E-state index contributed by atoms with van der Waals surface area (Å²) in [5, 5.41) is 7.55. The Morgan fingerprint density at radius 3 is 2.96 bits per heavy atom. The van der Waals surface area contributed by atoms with E-state index in [-0.39, 0.29) is 17.4 Å². The topological polar surface area (TPSA) is 53.6 Å². The number of amides is 1. The average Bonchev–Trinajstić information content (AvgIpc) is 3.15. The fourth-order valence-electron chi connectivity index (χ4n) is 5.13. The molecule has 0 spiro atoms. The van der Waals surface area contributed by atoms with Crippen LogP contribution in [0.3, 0.4) is 0 Å². The molecule has 0 aromatic heterocycles. The second-order valence-corrected chi connectivity index (χ2v) is 8.53. The van der Waals surface area contributed by atoms with Gasteiger partial charge in [-0.05, 0) is 36.9 Å². The van der Waals surface area contributed by atoms with Gasteiger partial charge < -0.3 is 15.4 Å². The van der Waals surface area contributed by atoms with Gasteiger partial charge in [0.15, 0.2) is 0 Å². The van der Waals surface area contributed by atoms with Gasteiger partial charge in [0.1, 0.15) is 0 Å². The number of carbonyl (C=O) groups excluding carboxylic acids is 1. The largest absolute Gasteiger partial charge is 0.379 e. The monoisotopic (exact) mass is 391 g/mol. The van der Waals surface area contributed by atoms with E-state index in [4.69, 9.17) is 16.3 Å². The van der Waals surface area contributed by atoms with Gasteiger partial charge in [-0.1, -0.05) is 42.6 Å². The summed E-state index contributed by atoms with van der Waals surface area (Å²) in [6, 6.07) is 8.07. The molecule has 6 heteroatoms. The Hall–Kier alpha value is -1.14. The van der Waals surface area contributed by atoms with Gasteiger partial charge in [0.25, 0.3) is 0 Å². The Balaban J connectivity index is 1.50. The fourth-order valence-corrected chi connectivity index (χ4v) is 5.39. The molecule has 2 heterocycles. The van der Waals surface area contributed by atoms with Crippen molar-refractivity contribution in [3.63, 3.8) is 0 Å². The van der Waals surface area contributed by atoms with Gasteiger partial charge in [0, 0.05) is 31.2 Å². The molecule has 3 atom stereocenters. The lowest BCUT2D eigenvalue weighted by Gasteiger charge is -2.39. The molecule has 1 unspecified atom stereocenters. The van der Waals surface area contributed by atoms with E-state index in [2.05, 4.69) is 21.6 Å². The van der Waals surface area contributed by atoms with E-state index in [1.807, 2.05) is 18.2 Å². The van der Waals surface area contributed by atoms with Crippen LogP contribution in [0.1, 0.15) is 37.3 Å². The van der Waals surface area contributed by atoms with Gasteiger partial charge in [-0.2, -0.15) is 0 Å². The zero-order chi connectivity index (χ0) is 18.7. The number of morpholine rings is 1. The van der Waals surface area contributed by atoms with Crippen LogP contribution in [0.4, 0.5) is 0 Å². The summed E-state index contributed by atoms with van der Waals surface area (Å²) in [6.07, 6.45) is 4.57.